The fourth-order valence-electron chi connectivity index (χ4n) is 1.88. The quantitative estimate of drug-likeness (QED) is 0.692. The molecule has 15 heavy (non-hydrogen) atoms. The van der Waals surface area contributed by atoms with Crippen molar-refractivity contribution in [1.29, 1.82) is 0 Å². The Morgan fingerprint density at radius 2 is 1.73 bits per heavy atom. The van der Waals surface area contributed by atoms with E-state index in [9.17, 15) is 4.79 Å². The van der Waals surface area contributed by atoms with Gasteiger partial charge in [-0.25, -0.2) is 0 Å². The number of benzene rings is 1. The van der Waals surface area contributed by atoms with Crippen LogP contribution in [0, 0.1) is 20.8 Å². The van der Waals surface area contributed by atoms with Crippen LogP contribution in [0.1, 0.15) is 36.1 Å². The van der Waals surface area contributed by atoms with Gasteiger partial charge >= 0.3 is 0 Å². The van der Waals surface area contributed by atoms with E-state index in [0.717, 1.165) is 5.69 Å². The maximum atomic E-state index is 11.2. The van der Waals surface area contributed by atoms with Crippen LogP contribution in [0.25, 0.3) is 0 Å². The highest BCUT2D eigenvalue weighted by atomic mass is 16.1. The molecule has 0 spiro atoms. The molecule has 0 unspecified atom stereocenters. The number of amides is 1. The molecule has 2 nitrogen and oxygen atoms in total. The van der Waals surface area contributed by atoms with Gasteiger partial charge in [-0.15, -0.1) is 0 Å². The summed E-state index contributed by atoms with van der Waals surface area (Å²) in [5, 5.41) is 2.91. The van der Waals surface area contributed by atoms with Crippen molar-refractivity contribution in [2.45, 2.75) is 41.0 Å². The van der Waals surface area contributed by atoms with Crippen LogP contribution in [0.5, 0.6) is 0 Å². The minimum atomic E-state index is 0.117. The van der Waals surface area contributed by atoms with Crippen LogP contribution in [0.3, 0.4) is 0 Å². The van der Waals surface area contributed by atoms with E-state index in [1.807, 2.05) is 13.8 Å². The molecule has 0 atom stereocenters. The lowest BCUT2D eigenvalue weighted by molar-refractivity contribution is -0.115. The predicted molar refractivity (Wildman–Crippen MR) is 64.3 cm³/mol. The second kappa shape index (κ2) is 4.47. The Kier molecular flexibility index (Phi) is 3.51. The van der Waals surface area contributed by atoms with Gasteiger partial charge < -0.3 is 5.32 Å². The number of nitrogens with one attached hydrogen (secondary N) is 1. The summed E-state index contributed by atoms with van der Waals surface area (Å²) in [7, 11) is 0. The Morgan fingerprint density at radius 1 is 1.13 bits per heavy atom. The molecule has 1 aromatic rings. The van der Waals surface area contributed by atoms with E-state index in [1.165, 1.54) is 22.3 Å². The third-order valence-corrected chi connectivity index (χ3v) is 2.78. The van der Waals surface area contributed by atoms with E-state index in [1.54, 1.807) is 0 Å². The number of rotatable bonds is 0. The molecule has 0 radical (unpaired) electrons. The van der Waals surface area contributed by atoms with Gasteiger partial charge in [-0.05, 0) is 43.0 Å². The lowest BCUT2D eigenvalue weighted by Gasteiger charge is -2.09. The zero-order valence-corrected chi connectivity index (χ0v) is 10.2. The molecule has 1 aromatic carbocycles. The van der Waals surface area contributed by atoms with E-state index in [-0.39, 0.29) is 5.91 Å². The van der Waals surface area contributed by atoms with Gasteiger partial charge in [-0.1, -0.05) is 19.9 Å². The van der Waals surface area contributed by atoms with Crippen molar-refractivity contribution in [1.82, 2.24) is 0 Å². The number of fused-ring (bicyclic) bond motifs is 1. The minimum absolute atomic E-state index is 0.117. The monoisotopic (exact) mass is 205 g/mol. The Hall–Kier alpha value is -1.31. The molecule has 1 amide bonds. The van der Waals surface area contributed by atoms with Crippen molar-refractivity contribution in [2.75, 3.05) is 5.32 Å². The first-order valence-corrected chi connectivity index (χ1v) is 5.49. The average Bonchev–Trinajstić information content (AvgIpc) is 2.61. The second-order valence-corrected chi connectivity index (χ2v) is 3.71. The average molecular weight is 205 g/mol. The highest BCUT2D eigenvalue weighted by molar-refractivity contribution is 6.00. The zero-order chi connectivity index (χ0) is 11.6. The largest absolute Gasteiger partial charge is 0.325 e. The molecule has 1 heterocycles. The third-order valence-electron chi connectivity index (χ3n) is 2.78. The number of aryl methyl sites for hydroxylation is 2. The summed E-state index contributed by atoms with van der Waals surface area (Å²) >= 11 is 0. The van der Waals surface area contributed by atoms with Crippen molar-refractivity contribution in [3.63, 3.8) is 0 Å². The van der Waals surface area contributed by atoms with Crippen LogP contribution in [-0.2, 0) is 11.2 Å². The molecular weight excluding hydrogens is 186 g/mol. The van der Waals surface area contributed by atoms with E-state index >= 15 is 0 Å². The molecule has 0 fully saturated rings. The molecule has 0 aromatic heterocycles. The Labute approximate surface area is 91.7 Å². The van der Waals surface area contributed by atoms with Crippen LogP contribution in [-0.4, -0.2) is 5.91 Å². The molecule has 1 aliphatic heterocycles. The maximum Gasteiger partial charge on any atom is 0.228 e. The molecule has 82 valence electrons. The normalized spacial score (nSPS) is 12.7. The Balaban J connectivity index is 0.000000531. The van der Waals surface area contributed by atoms with Crippen LogP contribution in [0.15, 0.2) is 6.07 Å². The van der Waals surface area contributed by atoms with Crippen molar-refractivity contribution < 1.29 is 4.79 Å². The van der Waals surface area contributed by atoms with Crippen molar-refractivity contribution >= 4 is 11.6 Å². The maximum absolute atomic E-state index is 11.2. The summed E-state index contributed by atoms with van der Waals surface area (Å²) in [5.74, 6) is 0.117. The van der Waals surface area contributed by atoms with Crippen LogP contribution < -0.4 is 5.32 Å². The molecular formula is C13H19NO. The van der Waals surface area contributed by atoms with Crippen LogP contribution in [0.2, 0.25) is 0 Å². The first-order chi connectivity index (χ1) is 7.09. The number of carbonyl (C=O) groups excluding carboxylic acids is 1. The standard InChI is InChI=1S/C11H13NO.C2H6/c1-6-4-7(2)9-5-10(13)12-11(9)8(6)3;1-2/h4H,5H2,1-3H3,(H,12,13);1-2H3. The highest BCUT2D eigenvalue weighted by Gasteiger charge is 2.21. The smallest absolute Gasteiger partial charge is 0.228 e. The number of anilines is 1. The topological polar surface area (TPSA) is 29.1 Å². The number of carbonyl (C=O) groups is 1. The summed E-state index contributed by atoms with van der Waals surface area (Å²) in [5.41, 5.74) is 5.89. The molecule has 1 N–H and O–H groups in total. The van der Waals surface area contributed by atoms with Crippen LogP contribution in [0.4, 0.5) is 5.69 Å². The van der Waals surface area contributed by atoms with Crippen molar-refractivity contribution in [3.05, 3.63) is 28.3 Å². The van der Waals surface area contributed by atoms with Gasteiger partial charge in [0.1, 0.15) is 0 Å². The fraction of sp³-hybridized carbons (Fsp3) is 0.462. The molecule has 0 saturated carbocycles. The molecule has 1 aliphatic rings. The van der Waals surface area contributed by atoms with Gasteiger partial charge in [-0.2, -0.15) is 0 Å². The third kappa shape index (κ3) is 2.04. The summed E-state index contributed by atoms with van der Waals surface area (Å²) in [4.78, 5) is 11.2. The van der Waals surface area contributed by atoms with Gasteiger partial charge in [0.15, 0.2) is 0 Å². The molecule has 0 bridgehead atoms. The summed E-state index contributed by atoms with van der Waals surface area (Å²) < 4.78 is 0. The summed E-state index contributed by atoms with van der Waals surface area (Å²) in [6, 6.07) is 2.15. The van der Waals surface area contributed by atoms with Crippen molar-refractivity contribution in [3.8, 4) is 0 Å². The summed E-state index contributed by atoms with van der Waals surface area (Å²) in [6.45, 7) is 10.2. The van der Waals surface area contributed by atoms with E-state index < -0.39 is 0 Å². The van der Waals surface area contributed by atoms with Gasteiger partial charge in [0.25, 0.3) is 0 Å². The first kappa shape index (κ1) is 11.8. The number of hydrogen-bond acceptors (Lipinski definition) is 1. The summed E-state index contributed by atoms with van der Waals surface area (Å²) in [6.07, 6.45) is 0.544. The molecule has 0 aliphatic carbocycles. The Bertz CT molecular complexity index is 394. The van der Waals surface area contributed by atoms with E-state index in [2.05, 4.69) is 32.2 Å². The van der Waals surface area contributed by atoms with Crippen molar-refractivity contribution in [2.24, 2.45) is 0 Å². The minimum Gasteiger partial charge on any atom is -0.325 e. The predicted octanol–water partition coefficient (Wildman–Crippen LogP) is 3.13. The number of hydrogen-bond donors (Lipinski definition) is 1. The second-order valence-electron chi connectivity index (χ2n) is 3.71. The fourth-order valence-corrected chi connectivity index (χ4v) is 1.88. The molecule has 2 rings (SSSR count). The lowest BCUT2D eigenvalue weighted by Crippen LogP contribution is -2.04. The van der Waals surface area contributed by atoms with Gasteiger partial charge in [0.05, 0.1) is 6.42 Å². The van der Waals surface area contributed by atoms with E-state index in [0.29, 0.717) is 6.42 Å². The Morgan fingerprint density at radius 3 is 2.33 bits per heavy atom. The molecule has 0 saturated heterocycles. The van der Waals surface area contributed by atoms with Gasteiger partial charge in [-0.3, -0.25) is 4.79 Å². The van der Waals surface area contributed by atoms with Crippen LogP contribution >= 0.6 is 0 Å². The molecule has 2 heteroatoms. The zero-order valence-electron chi connectivity index (χ0n) is 10.2. The lowest BCUT2D eigenvalue weighted by atomic mass is 9.98. The van der Waals surface area contributed by atoms with Gasteiger partial charge in [0, 0.05) is 5.69 Å². The SMILES string of the molecule is CC.Cc1cc(C)c2c(c1C)NC(=O)C2. The van der Waals surface area contributed by atoms with E-state index in [4.69, 9.17) is 0 Å². The highest BCUT2D eigenvalue weighted by Crippen LogP contribution is 2.31. The van der Waals surface area contributed by atoms with Gasteiger partial charge in [0.2, 0.25) is 5.91 Å². The first-order valence-electron chi connectivity index (χ1n) is 5.49.